The Kier molecular flexibility index (Phi) is 3.54. The van der Waals surface area contributed by atoms with Gasteiger partial charge in [0.15, 0.2) is 0 Å². The zero-order valence-electron chi connectivity index (χ0n) is 9.90. The molecule has 0 bridgehead atoms. The van der Waals surface area contributed by atoms with E-state index < -0.39 is 0 Å². The van der Waals surface area contributed by atoms with E-state index in [0.717, 1.165) is 11.4 Å². The lowest BCUT2D eigenvalue weighted by molar-refractivity contribution is 0.866. The molecule has 0 saturated heterocycles. The highest BCUT2D eigenvalue weighted by Crippen LogP contribution is 2.15. The van der Waals surface area contributed by atoms with Crippen LogP contribution in [-0.2, 0) is 0 Å². The third kappa shape index (κ3) is 3.14. The molecule has 17 heavy (non-hydrogen) atoms. The molecule has 0 spiro atoms. The Morgan fingerprint density at radius 2 is 1.82 bits per heavy atom. The van der Waals surface area contributed by atoms with Crippen LogP contribution in [0.2, 0.25) is 0 Å². The quantitative estimate of drug-likeness (QED) is 0.809. The van der Waals surface area contributed by atoms with Crippen molar-refractivity contribution in [1.29, 1.82) is 0 Å². The predicted octanol–water partition coefficient (Wildman–Crippen LogP) is 3.76. The number of benzene rings is 1. The van der Waals surface area contributed by atoms with Gasteiger partial charge in [-0.25, -0.2) is 4.98 Å². The normalized spacial score (nSPS) is 11.5. The van der Waals surface area contributed by atoms with E-state index in [4.69, 9.17) is 12.2 Å². The molecule has 0 saturated carbocycles. The van der Waals surface area contributed by atoms with Crippen molar-refractivity contribution in [2.24, 2.45) is 0 Å². The van der Waals surface area contributed by atoms with E-state index in [9.17, 15) is 0 Å². The molecule has 0 aliphatic heterocycles. The molecule has 2 rings (SSSR count). The standard InChI is InChI=1S/C13H15N3S/c1-9(2)11-6-3-10(4-7-11)5-8-12-14-13(17)16-15-12/h3-9H,1-2H3,(H2,14,15,16,17)/b8-5+. The van der Waals surface area contributed by atoms with E-state index in [2.05, 4.69) is 53.3 Å². The molecule has 0 aliphatic carbocycles. The molecule has 3 nitrogen and oxygen atoms in total. The van der Waals surface area contributed by atoms with Crippen molar-refractivity contribution >= 4 is 24.4 Å². The Labute approximate surface area is 106 Å². The van der Waals surface area contributed by atoms with Gasteiger partial charge in [-0.2, -0.15) is 0 Å². The lowest BCUT2D eigenvalue weighted by Gasteiger charge is -2.04. The number of hydrogen-bond acceptors (Lipinski definition) is 2. The van der Waals surface area contributed by atoms with Gasteiger partial charge >= 0.3 is 0 Å². The zero-order chi connectivity index (χ0) is 12.3. The van der Waals surface area contributed by atoms with E-state index in [0.29, 0.717) is 10.7 Å². The van der Waals surface area contributed by atoms with Gasteiger partial charge in [0.1, 0.15) is 5.82 Å². The van der Waals surface area contributed by atoms with Crippen LogP contribution < -0.4 is 0 Å². The first-order valence-corrected chi connectivity index (χ1v) is 5.99. The summed E-state index contributed by atoms with van der Waals surface area (Å²) in [5.41, 5.74) is 2.50. The molecule has 1 aromatic heterocycles. The molecule has 0 amide bonds. The maximum atomic E-state index is 4.88. The van der Waals surface area contributed by atoms with Gasteiger partial charge in [0.05, 0.1) is 0 Å². The number of H-pyrrole nitrogens is 2. The molecule has 0 unspecified atom stereocenters. The fourth-order valence-corrected chi connectivity index (χ4v) is 1.68. The predicted molar refractivity (Wildman–Crippen MR) is 73.2 cm³/mol. The van der Waals surface area contributed by atoms with Gasteiger partial charge in [-0.05, 0) is 35.3 Å². The largest absolute Gasteiger partial charge is 0.282 e. The number of nitrogens with one attached hydrogen (secondary N) is 2. The Balaban J connectivity index is 2.13. The number of aromatic nitrogens is 3. The van der Waals surface area contributed by atoms with Gasteiger partial charge in [-0.15, -0.1) is 0 Å². The SMILES string of the molecule is CC(C)c1ccc(/C=C/c2nc(=S)[nH][nH]2)cc1. The average molecular weight is 245 g/mol. The van der Waals surface area contributed by atoms with Gasteiger partial charge in [-0.3, -0.25) is 10.2 Å². The maximum absolute atomic E-state index is 4.88. The van der Waals surface area contributed by atoms with E-state index in [1.165, 1.54) is 5.56 Å². The van der Waals surface area contributed by atoms with Crippen LogP contribution in [0.3, 0.4) is 0 Å². The van der Waals surface area contributed by atoms with E-state index in [1.807, 2.05) is 12.2 Å². The number of nitrogens with zero attached hydrogens (tertiary/aromatic N) is 1. The summed E-state index contributed by atoms with van der Waals surface area (Å²) in [6, 6.07) is 8.51. The van der Waals surface area contributed by atoms with Crippen LogP contribution in [0.1, 0.15) is 36.7 Å². The molecule has 88 valence electrons. The molecule has 0 radical (unpaired) electrons. The average Bonchev–Trinajstić information content (AvgIpc) is 2.73. The molecule has 2 N–H and O–H groups in total. The van der Waals surface area contributed by atoms with Crippen molar-refractivity contribution < 1.29 is 0 Å². The first-order valence-electron chi connectivity index (χ1n) is 5.58. The summed E-state index contributed by atoms with van der Waals surface area (Å²) < 4.78 is 0.472. The van der Waals surface area contributed by atoms with Gasteiger partial charge in [0, 0.05) is 0 Å². The Morgan fingerprint density at radius 1 is 1.12 bits per heavy atom. The smallest absolute Gasteiger partial charge is 0.213 e. The topological polar surface area (TPSA) is 44.5 Å². The number of rotatable bonds is 3. The van der Waals surface area contributed by atoms with Crippen molar-refractivity contribution in [1.82, 2.24) is 15.2 Å². The fraction of sp³-hybridized carbons (Fsp3) is 0.231. The monoisotopic (exact) mass is 245 g/mol. The van der Waals surface area contributed by atoms with Crippen LogP contribution in [-0.4, -0.2) is 15.2 Å². The zero-order valence-corrected chi connectivity index (χ0v) is 10.7. The minimum Gasteiger partial charge on any atom is -0.282 e. The van der Waals surface area contributed by atoms with Crippen LogP contribution in [0, 0.1) is 4.77 Å². The van der Waals surface area contributed by atoms with Crippen molar-refractivity contribution in [3.63, 3.8) is 0 Å². The second-order valence-electron chi connectivity index (χ2n) is 4.21. The van der Waals surface area contributed by atoms with Gasteiger partial charge < -0.3 is 0 Å². The molecule has 4 heteroatoms. The maximum Gasteiger partial charge on any atom is 0.213 e. The lowest BCUT2D eigenvalue weighted by atomic mass is 10.0. The third-order valence-corrected chi connectivity index (χ3v) is 2.75. The Morgan fingerprint density at radius 3 is 2.35 bits per heavy atom. The summed E-state index contributed by atoms with van der Waals surface area (Å²) in [6.45, 7) is 4.38. The first-order chi connectivity index (χ1) is 8.15. The summed E-state index contributed by atoms with van der Waals surface area (Å²) in [4.78, 5) is 4.09. The molecule has 1 aromatic carbocycles. The highest BCUT2D eigenvalue weighted by molar-refractivity contribution is 7.71. The summed E-state index contributed by atoms with van der Waals surface area (Å²) in [7, 11) is 0. The van der Waals surface area contributed by atoms with Gasteiger partial charge in [0.25, 0.3) is 0 Å². The third-order valence-electron chi connectivity index (χ3n) is 2.56. The van der Waals surface area contributed by atoms with E-state index >= 15 is 0 Å². The van der Waals surface area contributed by atoms with E-state index in [-0.39, 0.29) is 0 Å². The van der Waals surface area contributed by atoms with Crippen molar-refractivity contribution in [2.75, 3.05) is 0 Å². The summed E-state index contributed by atoms with van der Waals surface area (Å²) >= 11 is 4.88. The second-order valence-corrected chi connectivity index (χ2v) is 4.59. The van der Waals surface area contributed by atoms with E-state index in [1.54, 1.807) is 0 Å². The summed E-state index contributed by atoms with van der Waals surface area (Å²) in [5.74, 6) is 1.30. The molecule has 0 atom stereocenters. The Bertz CT molecular complexity index is 561. The summed E-state index contributed by atoms with van der Waals surface area (Å²) in [5, 5.41) is 5.63. The number of hydrogen-bond donors (Lipinski definition) is 2. The van der Waals surface area contributed by atoms with Crippen LogP contribution in [0.25, 0.3) is 12.2 Å². The minimum absolute atomic E-state index is 0.472. The van der Waals surface area contributed by atoms with Crippen molar-refractivity contribution in [3.05, 3.63) is 46.0 Å². The highest BCUT2D eigenvalue weighted by atomic mass is 32.1. The molecule has 0 aliphatic rings. The molecule has 2 aromatic rings. The molecular weight excluding hydrogens is 230 g/mol. The summed E-state index contributed by atoms with van der Waals surface area (Å²) in [6.07, 6.45) is 3.90. The van der Waals surface area contributed by atoms with Gasteiger partial charge in [0.2, 0.25) is 4.77 Å². The number of aromatic amines is 2. The van der Waals surface area contributed by atoms with Gasteiger partial charge in [-0.1, -0.05) is 44.2 Å². The van der Waals surface area contributed by atoms with Crippen molar-refractivity contribution in [2.45, 2.75) is 19.8 Å². The van der Waals surface area contributed by atoms with Crippen LogP contribution in [0.15, 0.2) is 24.3 Å². The van der Waals surface area contributed by atoms with Crippen LogP contribution in [0.5, 0.6) is 0 Å². The lowest BCUT2D eigenvalue weighted by Crippen LogP contribution is -1.85. The van der Waals surface area contributed by atoms with Crippen LogP contribution in [0.4, 0.5) is 0 Å². The minimum atomic E-state index is 0.472. The second kappa shape index (κ2) is 5.10. The fourth-order valence-electron chi connectivity index (χ4n) is 1.53. The first kappa shape index (κ1) is 11.8. The Hall–Kier alpha value is -1.68. The highest BCUT2D eigenvalue weighted by Gasteiger charge is 1.97. The molecule has 1 heterocycles. The van der Waals surface area contributed by atoms with Crippen molar-refractivity contribution in [3.8, 4) is 0 Å². The van der Waals surface area contributed by atoms with Crippen LogP contribution >= 0.6 is 12.2 Å². The molecular formula is C13H15N3S. The molecule has 0 fully saturated rings.